The van der Waals surface area contributed by atoms with Crippen LogP contribution in [-0.2, 0) is 47.9 Å². The number of nitrogens with two attached hydrogens (primary N) is 7. The fourth-order valence-electron chi connectivity index (χ4n) is 5.75. The first-order valence-corrected chi connectivity index (χ1v) is 23.4. The molecule has 0 saturated carbocycles. The monoisotopic (exact) mass is 991 g/mol. The Labute approximate surface area is 393 Å². The van der Waals surface area contributed by atoms with Crippen LogP contribution in [0.4, 0.5) is 0 Å². The minimum Gasteiger partial charge on any atom is -0.480 e. The number of aliphatic hydroxyl groups is 1. The molecular weight excluding hydrogens is 927 g/mol. The number of aliphatic hydroxyl groups excluding tert-OH is 1. The highest BCUT2D eigenvalue weighted by molar-refractivity contribution is 8.76. The van der Waals surface area contributed by atoms with Crippen molar-refractivity contribution in [1.29, 1.82) is 0 Å². The number of aliphatic imine (C=N–C) groups is 2. The van der Waals surface area contributed by atoms with Gasteiger partial charge in [-0.2, -0.15) is 0 Å². The first-order valence-electron chi connectivity index (χ1n) is 20.9. The van der Waals surface area contributed by atoms with Gasteiger partial charge in [0.2, 0.25) is 53.2 Å². The number of rotatable bonds is 16. The zero-order valence-corrected chi connectivity index (χ0v) is 38.6. The molecule has 1 aliphatic rings. The SMILES string of the molecule is C[C@@H](O)[C@@H]1NC(=O)[C@H](CCCN=C(N)N)NC(=O)[C@H](CCCCN)NC(=O)C(CC(N)=O)NC(=O)CNC(=O)[C@@H](N)CSSCC(C(=O)O)NC(=O)CNC(=O)C(CCCN=C(N)N)NC1=O. The number of guanidine groups is 2. The van der Waals surface area contributed by atoms with Crippen molar-refractivity contribution >= 4 is 92.6 Å². The molecule has 0 aromatic carbocycles. The first kappa shape index (κ1) is 58.8. The smallest absolute Gasteiger partial charge is 0.327 e. The van der Waals surface area contributed by atoms with Gasteiger partial charge in [0.05, 0.1) is 31.7 Å². The summed E-state index contributed by atoms with van der Waals surface area (Å²) < 4.78 is 0. The number of aliphatic carboxylic acids is 1. The number of carbonyl (C=O) groups is 10. The van der Waals surface area contributed by atoms with E-state index in [1.165, 1.54) is 0 Å². The van der Waals surface area contributed by atoms with Crippen LogP contribution in [0.2, 0.25) is 0 Å². The molecule has 3 unspecified atom stereocenters. The lowest BCUT2D eigenvalue weighted by atomic mass is 10.0. The van der Waals surface area contributed by atoms with E-state index in [4.69, 9.17) is 40.1 Å². The number of nitrogens with zero attached hydrogens (tertiary/aromatic N) is 2. The minimum absolute atomic E-state index is 0.0000806. The second kappa shape index (κ2) is 31.7. The van der Waals surface area contributed by atoms with Gasteiger partial charge >= 0.3 is 5.97 Å². The Morgan fingerprint density at radius 2 is 1.09 bits per heavy atom. The number of unbranched alkanes of at least 4 members (excludes halogenated alkanes) is 1. The lowest BCUT2D eigenvalue weighted by Gasteiger charge is -2.28. The number of carboxylic acid groups (broad SMARTS) is 1. The number of hydrogen-bond acceptors (Lipinski definition) is 17. The van der Waals surface area contributed by atoms with E-state index in [0.29, 0.717) is 6.42 Å². The van der Waals surface area contributed by atoms with Crippen molar-refractivity contribution in [3.63, 3.8) is 0 Å². The molecule has 67 heavy (non-hydrogen) atoms. The van der Waals surface area contributed by atoms with Gasteiger partial charge in [-0.15, -0.1) is 0 Å². The molecule has 0 aromatic heterocycles. The van der Waals surface area contributed by atoms with Gasteiger partial charge in [0.25, 0.3) is 0 Å². The molecule has 9 amide bonds. The van der Waals surface area contributed by atoms with Crippen LogP contribution >= 0.6 is 21.6 Å². The summed E-state index contributed by atoms with van der Waals surface area (Å²) in [5.41, 5.74) is 38.6. The highest BCUT2D eigenvalue weighted by atomic mass is 33.1. The van der Waals surface area contributed by atoms with Gasteiger partial charge in [-0.25, -0.2) is 4.79 Å². The summed E-state index contributed by atoms with van der Waals surface area (Å²) in [4.78, 5) is 139. The summed E-state index contributed by atoms with van der Waals surface area (Å²) in [6.45, 7) is -0.148. The van der Waals surface area contributed by atoms with Gasteiger partial charge in [-0.1, -0.05) is 21.6 Å². The van der Waals surface area contributed by atoms with E-state index in [2.05, 4.69) is 52.5 Å². The van der Waals surface area contributed by atoms with E-state index < -0.39 is 127 Å². The fraction of sp³-hybridized carbons (Fsp3) is 0.667. The summed E-state index contributed by atoms with van der Waals surface area (Å²) in [6, 6.07) is -10.5. The lowest BCUT2D eigenvalue weighted by Crippen LogP contribution is -2.61. The zero-order chi connectivity index (χ0) is 50.6. The second-order valence-electron chi connectivity index (χ2n) is 15.0. The second-order valence-corrected chi connectivity index (χ2v) is 17.5. The molecule has 1 aliphatic heterocycles. The van der Waals surface area contributed by atoms with Crippen molar-refractivity contribution in [3.8, 4) is 0 Å². The van der Waals surface area contributed by atoms with Crippen LogP contribution in [0.15, 0.2) is 9.98 Å². The van der Waals surface area contributed by atoms with E-state index >= 15 is 0 Å². The summed E-state index contributed by atoms with van der Waals surface area (Å²) in [7, 11) is 1.90. The van der Waals surface area contributed by atoms with E-state index in [-0.39, 0.29) is 81.6 Å². The molecule has 8 atom stereocenters. The Morgan fingerprint density at radius 1 is 0.627 bits per heavy atom. The molecule has 31 heteroatoms. The third kappa shape index (κ3) is 24.8. The van der Waals surface area contributed by atoms with Crippen LogP contribution in [0.25, 0.3) is 0 Å². The lowest BCUT2D eigenvalue weighted by molar-refractivity contribution is -0.141. The third-order valence-corrected chi connectivity index (χ3v) is 11.7. The van der Waals surface area contributed by atoms with Crippen molar-refractivity contribution in [2.75, 3.05) is 44.2 Å². The summed E-state index contributed by atoms with van der Waals surface area (Å²) in [5, 5.41) is 39.3. The number of carboxylic acids is 1. The van der Waals surface area contributed by atoms with Gasteiger partial charge in [0.15, 0.2) is 11.9 Å². The van der Waals surface area contributed by atoms with Gasteiger partial charge in [0.1, 0.15) is 36.3 Å². The summed E-state index contributed by atoms with van der Waals surface area (Å²) >= 11 is 0. The number of amides is 9. The van der Waals surface area contributed by atoms with Gasteiger partial charge in [0, 0.05) is 24.6 Å². The Morgan fingerprint density at radius 3 is 1.60 bits per heavy atom. The van der Waals surface area contributed by atoms with Crippen LogP contribution in [0.3, 0.4) is 0 Å². The predicted octanol–water partition coefficient (Wildman–Crippen LogP) is -8.57. The van der Waals surface area contributed by atoms with Gasteiger partial charge < -0.3 is 92.9 Å². The van der Waals surface area contributed by atoms with Crippen LogP contribution in [0.1, 0.15) is 58.3 Å². The first-order chi connectivity index (χ1) is 31.5. The molecule has 0 aliphatic carbocycles. The van der Waals surface area contributed by atoms with E-state index in [1.807, 2.05) is 0 Å². The normalized spacial score (nSPS) is 24.4. The molecule has 24 N–H and O–H groups in total. The number of nitrogens with one attached hydrogen (secondary N) is 8. The topological polar surface area (TPSA) is 514 Å². The predicted molar refractivity (Wildman–Crippen MR) is 246 cm³/mol. The van der Waals surface area contributed by atoms with Crippen molar-refractivity contribution in [2.45, 2.75) is 107 Å². The Kier molecular flexibility index (Phi) is 27.8. The van der Waals surface area contributed by atoms with Crippen molar-refractivity contribution < 1.29 is 58.2 Å². The average Bonchev–Trinajstić information content (AvgIpc) is 3.25. The molecule has 1 rings (SSSR count). The van der Waals surface area contributed by atoms with Crippen molar-refractivity contribution in [2.24, 2.45) is 50.1 Å². The maximum atomic E-state index is 13.9. The van der Waals surface area contributed by atoms with Crippen LogP contribution in [-0.4, -0.2) is 174 Å². The van der Waals surface area contributed by atoms with E-state index in [0.717, 1.165) is 28.5 Å². The largest absolute Gasteiger partial charge is 0.480 e. The minimum atomic E-state index is -1.78. The number of hydrogen-bond donors (Lipinski definition) is 17. The van der Waals surface area contributed by atoms with Crippen molar-refractivity contribution in [1.82, 2.24) is 42.5 Å². The molecule has 378 valence electrons. The molecule has 1 heterocycles. The molecule has 1 saturated heterocycles. The highest BCUT2D eigenvalue weighted by Crippen LogP contribution is 2.22. The fourth-order valence-corrected chi connectivity index (χ4v) is 8.03. The van der Waals surface area contributed by atoms with Gasteiger partial charge in [-0.05, 0) is 58.4 Å². The highest BCUT2D eigenvalue weighted by Gasteiger charge is 2.35. The molecule has 0 bridgehead atoms. The number of primary amides is 1. The zero-order valence-electron chi connectivity index (χ0n) is 37.0. The molecule has 0 radical (unpaired) electrons. The van der Waals surface area contributed by atoms with E-state index in [1.54, 1.807) is 0 Å². The maximum Gasteiger partial charge on any atom is 0.327 e. The van der Waals surface area contributed by atoms with Crippen LogP contribution < -0.4 is 82.7 Å². The van der Waals surface area contributed by atoms with Gasteiger partial charge in [-0.3, -0.25) is 53.1 Å². The molecule has 0 aromatic rings. The Hall–Kier alpha value is -6.18. The quantitative estimate of drug-likeness (QED) is 0.0295. The van der Waals surface area contributed by atoms with Crippen LogP contribution in [0.5, 0.6) is 0 Å². The van der Waals surface area contributed by atoms with Crippen LogP contribution in [0, 0.1) is 0 Å². The molecule has 1 fully saturated rings. The molecular formula is C36H65N17O12S2. The standard InChI is InChI=1S/C36H65N17O12S2/c1-17(54)27-33(63)52-19(7-4-10-44-35(40)41)29(59)47-14-26(57)49-23(34(64)65)16-67-66-15-18(38)28(58)46-13-25(56)48-22(12-24(39)55)32(62)51-20(6-2-3-9-37)30(60)50-21(31(61)53-27)8-5-11-45-36(42)43/h17-23,27,54H,2-16,37-38H2,1H3,(H2,39,55)(H,46,58)(H,47,59)(H,48,56)(H,49,57)(H,50,60)(H,51,62)(H,52,63)(H,53,61)(H,64,65)(H4,40,41,44)(H4,42,43,45)/t17-,18+,19?,20+,21+,22?,23?,27+/m1/s1. The average molecular weight is 992 g/mol. The third-order valence-electron chi connectivity index (χ3n) is 9.24. The Bertz CT molecular complexity index is 1790. The maximum absolute atomic E-state index is 13.9. The summed E-state index contributed by atoms with van der Waals surface area (Å²) in [6.07, 6.45) is -1.95. The van der Waals surface area contributed by atoms with Crippen molar-refractivity contribution in [3.05, 3.63) is 0 Å². The Balaban J connectivity index is 3.71. The molecule has 29 nitrogen and oxygen atoms in total. The molecule has 0 spiro atoms. The summed E-state index contributed by atoms with van der Waals surface area (Å²) in [5.74, 6) is -11.1. The van der Waals surface area contributed by atoms with E-state index in [9.17, 15) is 58.2 Å². The number of carbonyl (C=O) groups excluding carboxylic acids is 9.